The largest absolute Gasteiger partial charge is 0.338 e. The van der Waals surface area contributed by atoms with Crippen molar-refractivity contribution < 1.29 is 13.9 Å². The van der Waals surface area contributed by atoms with Gasteiger partial charge in [0.15, 0.2) is 0 Å². The summed E-state index contributed by atoms with van der Waals surface area (Å²) in [4.78, 5) is 28.2. The average Bonchev–Trinajstić information content (AvgIpc) is 2.83. The van der Waals surface area contributed by atoms with E-state index in [0.717, 1.165) is 45.4 Å². The highest BCUT2D eigenvalue weighted by Gasteiger charge is 2.30. The Balaban J connectivity index is 1.15. The normalized spacial score (nSPS) is 22.9. The second-order valence-electron chi connectivity index (χ2n) is 8.98. The Kier molecular flexibility index (Phi) is 6.07. The summed E-state index contributed by atoms with van der Waals surface area (Å²) in [6.45, 7) is 4.65. The quantitative estimate of drug-likeness (QED) is 0.732. The van der Waals surface area contributed by atoms with Gasteiger partial charge in [-0.3, -0.25) is 18.8 Å². The molecule has 0 unspecified atom stereocenters. The molecule has 8 nitrogen and oxygen atoms in total. The number of benzene rings is 1. The molecule has 2 saturated heterocycles. The van der Waals surface area contributed by atoms with Crippen molar-refractivity contribution in [1.29, 1.82) is 0 Å². The van der Waals surface area contributed by atoms with Crippen molar-refractivity contribution in [2.75, 3.05) is 49.1 Å². The highest BCUT2D eigenvalue weighted by Crippen LogP contribution is 2.40. The van der Waals surface area contributed by atoms with E-state index >= 15 is 0 Å². The first kappa shape index (κ1) is 21.6. The molecule has 2 fully saturated rings. The molecule has 2 aromatic rings. The minimum Gasteiger partial charge on any atom is -0.338 e. The summed E-state index contributed by atoms with van der Waals surface area (Å²) in [5.74, 6) is 1.22. The zero-order valence-electron chi connectivity index (χ0n) is 18.3. The van der Waals surface area contributed by atoms with Crippen LogP contribution in [0.4, 0.5) is 5.95 Å². The van der Waals surface area contributed by atoms with Crippen LogP contribution >= 0.6 is 10.6 Å². The molecular formula is C23H31N5O3S. The SMILES string of the molecule is O=C(c1cnc(N2CCS(O)(O)CC2)nc1)N1CCC(N2CCc3ccccc3C2)CC1. The predicted octanol–water partition coefficient (Wildman–Crippen LogP) is 2.71. The molecule has 0 aliphatic carbocycles. The Labute approximate surface area is 190 Å². The highest BCUT2D eigenvalue weighted by molar-refractivity contribution is 8.24. The topological polar surface area (TPSA) is 93.0 Å². The molecular weight excluding hydrogens is 426 g/mol. The molecule has 0 atom stereocenters. The maximum atomic E-state index is 13.0. The van der Waals surface area contributed by atoms with Crippen molar-refractivity contribution in [3.05, 3.63) is 53.3 Å². The Hall–Kier alpha value is -2.20. The summed E-state index contributed by atoms with van der Waals surface area (Å²) in [6, 6.07) is 9.24. The number of hydrogen-bond acceptors (Lipinski definition) is 7. The minimum absolute atomic E-state index is 0.00758. The molecule has 32 heavy (non-hydrogen) atoms. The Morgan fingerprint density at radius 3 is 2.28 bits per heavy atom. The number of aromatic nitrogens is 2. The lowest BCUT2D eigenvalue weighted by molar-refractivity contribution is 0.0598. The van der Waals surface area contributed by atoms with E-state index in [1.54, 1.807) is 12.4 Å². The molecule has 0 spiro atoms. The molecule has 0 radical (unpaired) electrons. The lowest BCUT2D eigenvalue weighted by Gasteiger charge is -2.41. The van der Waals surface area contributed by atoms with Crippen LogP contribution in [0, 0.1) is 0 Å². The first-order valence-corrected chi connectivity index (χ1v) is 13.3. The van der Waals surface area contributed by atoms with Crippen LogP contribution in [-0.4, -0.2) is 85.1 Å². The Bertz CT molecular complexity index is 952. The van der Waals surface area contributed by atoms with E-state index in [-0.39, 0.29) is 5.91 Å². The second kappa shape index (κ2) is 8.97. The smallest absolute Gasteiger partial charge is 0.256 e. The van der Waals surface area contributed by atoms with Gasteiger partial charge in [-0.1, -0.05) is 24.3 Å². The summed E-state index contributed by atoms with van der Waals surface area (Å²) in [5.41, 5.74) is 3.42. The summed E-state index contributed by atoms with van der Waals surface area (Å²) < 4.78 is 19.5. The van der Waals surface area contributed by atoms with Gasteiger partial charge >= 0.3 is 0 Å². The number of carbonyl (C=O) groups is 1. The van der Waals surface area contributed by atoms with Crippen LogP contribution in [0.1, 0.15) is 34.3 Å². The van der Waals surface area contributed by atoms with Gasteiger partial charge in [0.1, 0.15) is 0 Å². The summed E-state index contributed by atoms with van der Waals surface area (Å²) in [7, 11) is -2.45. The van der Waals surface area contributed by atoms with Crippen LogP contribution in [0.3, 0.4) is 0 Å². The Morgan fingerprint density at radius 1 is 0.938 bits per heavy atom. The number of carbonyl (C=O) groups excluding carboxylic acids is 1. The number of fused-ring (bicyclic) bond motifs is 1. The number of piperidine rings is 1. The van der Waals surface area contributed by atoms with E-state index in [1.807, 2.05) is 9.80 Å². The molecule has 5 rings (SSSR count). The zero-order chi connectivity index (χ0) is 22.1. The van der Waals surface area contributed by atoms with Gasteiger partial charge in [-0.25, -0.2) is 9.97 Å². The van der Waals surface area contributed by atoms with Crippen molar-refractivity contribution >= 4 is 22.4 Å². The molecule has 172 valence electrons. The number of anilines is 1. The summed E-state index contributed by atoms with van der Waals surface area (Å²) >= 11 is 0. The van der Waals surface area contributed by atoms with Crippen LogP contribution in [0.2, 0.25) is 0 Å². The third kappa shape index (κ3) is 4.61. The first-order chi connectivity index (χ1) is 15.5. The summed E-state index contributed by atoms with van der Waals surface area (Å²) in [6.07, 6.45) is 6.30. The third-order valence-electron chi connectivity index (χ3n) is 6.97. The average molecular weight is 458 g/mol. The van der Waals surface area contributed by atoms with Gasteiger partial charge in [-0.05, 0) is 30.4 Å². The lowest BCUT2D eigenvalue weighted by Crippen LogP contribution is -2.48. The van der Waals surface area contributed by atoms with Crippen LogP contribution < -0.4 is 4.90 Å². The van der Waals surface area contributed by atoms with Crippen molar-refractivity contribution in [2.24, 2.45) is 0 Å². The molecule has 1 amide bonds. The van der Waals surface area contributed by atoms with E-state index in [4.69, 9.17) is 0 Å². The van der Waals surface area contributed by atoms with Gasteiger partial charge in [0, 0.05) is 57.7 Å². The maximum absolute atomic E-state index is 13.0. The van der Waals surface area contributed by atoms with Gasteiger partial charge < -0.3 is 9.80 Å². The molecule has 3 aliphatic heterocycles. The van der Waals surface area contributed by atoms with Gasteiger partial charge in [-0.2, -0.15) is 10.6 Å². The van der Waals surface area contributed by atoms with Crippen LogP contribution in [0.25, 0.3) is 0 Å². The van der Waals surface area contributed by atoms with Crippen molar-refractivity contribution in [1.82, 2.24) is 19.8 Å². The maximum Gasteiger partial charge on any atom is 0.256 e. The summed E-state index contributed by atoms with van der Waals surface area (Å²) in [5, 5.41) is 0. The molecule has 2 N–H and O–H groups in total. The number of likely N-dealkylation sites (tertiary alicyclic amines) is 1. The molecule has 1 aromatic heterocycles. The van der Waals surface area contributed by atoms with Gasteiger partial charge in [0.25, 0.3) is 5.91 Å². The monoisotopic (exact) mass is 457 g/mol. The van der Waals surface area contributed by atoms with Crippen molar-refractivity contribution in [2.45, 2.75) is 31.8 Å². The molecule has 9 heteroatoms. The van der Waals surface area contributed by atoms with E-state index in [1.165, 1.54) is 11.1 Å². The number of hydrogen-bond donors (Lipinski definition) is 2. The fourth-order valence-corrected chi connectivity index (χ4v) is 6.20. The molecule has 1 aromatic carbocycles. The van der Waals surface area contributed by atoms with Crippen LogP contribution in [-0.2, 0) is 13.0 Å². The van der Waals surface area contributed by atoms with Crippen molar-refractivity contribution in [3.8, 4) is 0 Å². The molecule has 3 aliphatic rings. The Morgan fingerprint density at radius 2 is 1.59 bits per heavy atom. The molecule has 0 bridgehead atoms. The van der Waals surface area contributed by atoms with Gasteiger partial charge in [0.05, 0.1) is 17.1 Å². The molecule has 4 heterocycles. The third-order valence-corrected chi connectivity index (χ3v) is 8.65. The lowest BCUT2D eigenvalue weighted by atomic mass is 9.95. The number of amides is 1. The molecule has 0 saturated carbocycles. The van der Waals surface area contributed by atoms with E-state index < -0.39 is 10.6 Å². The van der Waals surface area contributed by atoms with Gasteiger partial charge in [0.2, 0.25) is 5.95 Å². The van der Waals surface area contributed by atoms with E-state index in [2.05, 4.69) is 39.1 Å². The zero-order valence-corrected chi connectivity index (χ0v) is 19.1. The van der Waals surface area contributed by atoms with Crippen molar-refractivity contribution in [3.63, 3.8) is 0 Å². The number of rotatable bonds is 3. The van der Waals surface area contributed by atoms with Crippen LogP contribution in [0.5, 0.6) is 0 Å². The van der Waals surface area contributed by atoms with E-state index in [0.29, 0.717) is 42.1 Å². The van der Waals surface area contributed by atoms with E-state index in [9.17, 15) is 13.9 Å². The minimum atomic E-state index is -2.45. The van der Waals surface area contributed by atoms with Crippen LogP contribution in [0.15, 0.2) is 36.7 Å². The first-order valence-electron chi connectivity index (χ1n) is 11.4. The standard InChI is InChI=1S/C23H31N5O3S/c29-22(20-15-24-23(25-16-20)27-11-13-32(30,31)14-12-27)26-9-6-21(7-10-26)28-8-5-18-3-1-2-4-19(18)17-28/h1-4,15-16,21,30-31H,5-14,17H2. The second-order valence-corrected chi connectivity index (χ2v) is 11.4. The highest BCUT2D eigenvalue weighted by atomic mass is 32.3. The fourth-order valence-electron chi connectivity index (χ4n) is 4.97. The predicted molar refractivity (Wildman–Crippen MR) is 126 cm³/mol. The van der Waals surface area contributed by atoms with Gasteiger partial charge in [-0.15, -0.1) is 0 Å². The fraction of sp³-hybridized carbons (Fsp3) is 0.522. The number of nitrogens with zero attached hydrogens (tertiary/aromatic N) is 5.